The van der Waals surface area contributed by atoms with Gasteiger partial charge in [0.1, 0.15) is 0 Å². The van der Waals surface area contributed by atoms with Crippen molar-refractivity contribution in [3.63, 3.8) is 0 Å². The molecule has 1 aliphatic rings. The maximum absolute atomic E-state index is 13.0. The van der Waals surface area contributed by atoms with Crippen LogP contribution in [-0.4, -0.2) is 28.3 Å². The van der Waals surface area contributed by atoms with Crippen LogP contribution in [0.15, 0.2) is 36.5 Å². The van der Waals surface area contributed by atoms with Gasteiger partial charge in [-0.15, -0.1) is 0 Å². The van der Waals surface area contributed by atoms with Crippen LogP contribution < -0.4 is 11.1 Å². The summed E-state index contributed by atoms with van der Waals surface area (Å²) in [5, 5.41) is 7.67. The lowest BCUT2D eigenvalue weighted by molar-refractivity contribution is 0.0200. The molecule has 0 saturated heterocycles. The van der Waals surface area contributed by atoms with Crippen LogP contribution in [0.2, 0.25) is 0 Å². The Labute approximate surface area is 149 Å². The van der Waals surface area contributed by atoms with Gasteiger partial charge in [0.05, 0.1) is 17.5 Å². The van der Waals surface area contributed by atoms with Gasteiger partial charge < -0.3 is 11.1 Å². The molecule has 1 aromatic carbocycles. The number of amides is 1. The fourth-order valence-electron chi connectivity index (χ4n) is 3.70. The van der Waals surface area contributed by atoms with Crippen molar-refractivity contribution in [3.05, 3.63) is 42.1 Å². The molecule has 0 bridgehead atoms. The SMILES string of the molecule is CC(C)n1ncc(C(=O)NC2CC(CN)C2(C)C)c1-c1ccccc1. The molecule has 3 N–H and O–H groups in total. The molecule has 2 unspecified atom stereocenters. The van der Waals surface area contributed by atoms with E-state index in [1.54, 1.807) is 6.20 Å². The molecular weight excluding hydrogens is 312 g/mol. The first kappa shape index (κ1) is 17.7. The summed E-state index contributed by atoms with van der Waals surface area (Å²) < 4.78 is 1.92. The number of nitrogens with zero attached hydrogens (tertiary/aromatic N) is 2. The van der Waals surface area contributed by atoms with Crippen LogP contribution in [-0.2, 0) is 0 Å². The third-order valence-corrected chi connectivity index (χ3v) is 5.64. The smallest absolute Gasteiger partial charge is 0.255 e. The summed E-state index contributed by atoms with van der Waals surface area (Å²) in [5.74, 6) is 0.407. The fourth-order valence-corrected chi connectivity index (χ4v) is 3.70. The van der Waals surface area contributed by atoms with Gasteiger partial charge in [0.15, 0.2) is 0 Å². The van der Waals surface area contributed by atoms with E-state index in [9.17, 15) is 4.79 Å². The number of benzene rings is 1. The molecule has 1 aromatic heterocycles. The summed E-state index contributed by atoms with van der Waals surface area (Å²) in [6.07, 6.45) is 2.62. The minimum absolute atomic E-state index is 0.0331. The quantitative estimate of drug-likeness (QED) is 0.877. The zero-order valence-corrected chi connectivity index (χ0v) is 15.5. The zero-order valence-electron chi connectivity index (χ0n) is 15.5. The minimum atomic E-state index is -0.0562. The molecule has 3 rings (SSSR count). The average molecular weight is 340 g/mol. The van der Waals surface area contributed by atoms with E-state index in [4.69, 9.17) is 5.73 Å². The average Bonchev–Trinajstić information content (AvgIpc) is 3.04. The standard InChI is InChI=1S/C20H28N4O/c1-13(2)24-18(14-8-6-5-7-9-14)16(12-22-24)19(25)23-17-10-15(11-21)20(17,3)4/h5-9,12-13,15,17H,10-11,21H2,1-4H3,(H,23,25). The molecule has 0 spiro atoms. The molecule has 0 radical (unpaired) electrons. The summed E-state index contributed by atoms with van der Waals surface area (Å²) in [6, 6.07) is 10.3. The Morgan fingerprint density at radius 2 is 2.04 bits per heavy atom. The predicted molar refractivity (Wildman–Crippen MR) is 100 cm³/mol. The molecule has 1 aliphatic carbocycles. The van der Waals surface area contributed by atoms with E-state index in [-0.39, 0.29) is 23.4 Å². The summed E-state index contributed by atoms with van der Waals surface area (Å²) in [4.78, 5) is 13.0. The Balaban J connectivity index is 1.89. The highest BCUT2D eigenvalue weighted by Crippen LogP contribution is 2.45. The number of rotatable bonds is 5. The van der Waals surface area contributed by atoms with E-state index in [1.807, 2.05) is 35.0 Å². The summed E-state index contributed by atoms with van der Waals surface area (Å²) in [5.41, 5.74) is 8.37. The van der Waals surface area contributed by atoms with Crippen molar-refractivity contribution >= 4 is 5.91 Å². The van der Waals surface area contributed by atoms with E-state index in [1.165, 1.54) is 0 Å². The van der Waals surface area contributed by atoms with E-state index >= 15 is 0 Å². The first-order valence-corrected chi connectivity index (χ1v) is 9.00. The van der Waals surface area contributed by atoms with E-state index in [0.29, 0.717) is 18.0 Å². The van der Waals surface area contributed by atoms with Crippen LogP contribution >= 0.6 is 0 Å². The third-order valence-electron chi connectivity index (χ3n) is 5.64. The Hall–Kier alpha value is -2.14. The summed E-state index contributed by atoms with van der Waals surface area (Å²) >= 11 is 0. The van der Waals surface area contributed by atoms with Crippen molar-refractivity contribution in [1.29, 1.82) is 0 Å². The van der Waals surface area contributed by atoms with Gasteiger partial charge >= 0.3 is 0 Å². The second-order valence-corrected chi connectivity index (χ2v) is 7.83. The Bertz CT molecular complexity index is 748. The van der Waals surface area contributed by atoms with Gasteiger partial charge in [-0.2, -0.15) is 5.10 Å². The van der Waals surface area contributed by atoms with Crippen LogP contribution in [0, 0.1) is 11.3 Å². The second kappa shape index (κ2) is 6.64. The molecule has 1 amide bonds. The fraction of sp³-hybridized carbons (Fsp3) is 0.500. The maximum Gasteiger partial charge on any atom is 0.255 e. The first-order valence-electron chi connectivity index (χ1n) is 9.00. The van der Waals surface area contributed by atoms with Crippen molar-refractivity contribution < 1.29 is 4.79 Å². The van der Waals surface area contributed by atoms with Gasteiger partial charge in [0, 0.05) is 17.6 Å². The van der Waals surface area contributed by atoms with Gasteiger partial charge in [-0.3, -0.25) is 9.48 Å². The van der Waals surface area contributed by atoms with Crippen LogP contribution in [0.25, 0.3) is 11.3 Å². The molecule has 5 heteroatoms. The van der Waals surface area contributed by atoms with E-state index in [0.717, 1.165) is 17.7 Å². The number of hydrogen-bond acceptors (Lipinski definition) is 3. The highest BCUT2D eigenvalue weighted by atomic mass is 16.1. The molecule has 1 fully saturated rings. The number of nitrogens with two attached hydrogens (primary N) is 1. The zero-order chi connectivity index (χ0) is 18.2. The lowest BCUT2D eigenvalue weighted by Gasteiger charge is -2.52. The minimum Gasteiger partial charge on any atom is -0.349 e. The monoisotopic (exact) mass is 340 g/mol. The van der Waals surface area contributed by atoms with Crippen molar-refractivity contribution in [2.75, 3.05) is 6.54 Å². The normalized spacial score (nSPS) is 21.8. The topological polar surface area (TPSA) is 72.9 Å². The van der Waals surface area contributed by atoms with Crippen molar-refractivity contribution in [3.8, 4) is 11.3 Å². The molecule has 1 heterocycles. The number of hydrogen-bond donors (Lipinski definition) is 2. The lowest BCUT2D eigenvalue weighted by atomic mass is 9.58. The Kier molecular flexibility index (Phi) is 4.69. The van der Waals surface area contributed by atoms with Gasteiger partial charge in [-0.25, -0.2) is 0 Å². The largest absolute Gasteiger partial charge is 0.349 e. The summed E-state index contributed by atoms with van der Waals surface area (Å²) in [7, 11) is 0. The molecule has 0 aliphatic heterocycles. The van der Waals surface area contributed by atoms with Gasteiger partial charge in [-0.1, -0.05) is 44.2 Å². The molecule has 25 heavy (non-hydrogen) atoms. The number of carbonyl (C=O) groups is 1. The lowest BCUT2D eigenvalue weighted by Crippen LogP contribution is -2.60. The second-order valence-electron chi connectivity index (χ2n) is 7.83. The van der Waals surface area contributed by atoms with Gasteiger partial charge in [-0.05, 0) is 38.1 Å². The number of aromatic nitrogens is 2. The maximum atomic E-state index is 13.0. The van der Waals surface area contributed by atoms with Crippen molar-refractivity contribution in [2.24, 2.45) is 17.1 Å². The Morgan fingerprint density at radius 1 is 1.36 bits per heavy atom. The molecule has 5 nitrogen and oxygen atoms in total. The highest BCUT2D eigenvalue weighted by molar-refractivity contribution is 6.00. The molecule has 1 saturated carbocycles. The molecule has 134 valence electrons. The molecule has 2 atom stereocenters. The van der Waals surface area contributed by atoms with Crippen molar-refractivity contribution in [1.82, 2.24) is 15.1 Å². The van der Waals surface area contributed by atoms with Crippen molar-refractivity contribution in [2.45, 2.75) is 46.2 Å². The van der Waals surface area contributed by atoms with Crippen LogP contribution in [0.3, 0.4) is 0 Å². The van der Waals surface area contributed by atoms with Crippen LogP contribution in [0.5, 0.6) is 0 Å². The van der Waals surface area contributed by atoms with Crippen LogP contribution in [0.1, 0.15) is 50.5 Å². The highest BCUT2D eigenvalue weighted by Gasteiger charge is 2.48. The Morgan fingerprint density at radius 3 is 2.60 bits per heavy atom. The number of nitrogens with one attached hydrogen (secondary N) is 1. The summed E-state index contributed by atoms with van der Waals surface area (Å²) in [6.45, 7) is 9.16. The van der Waals surface area contributed by atoms with Gasteiger partial charge in [0.25, 0.3) is 5.91 Å². The predicted octanol–water partition coefficient (Wildman–Crippen LogP) is 3.23. The third kappa shape index (κ3) is 3.09. The first-order chi connectivity index (χ1) is 11.9. The van der Waals surface area contributed by atoms with E-state index in [2.05, 4.69) is 38.1 Å². The van der Waals surface area contributed by atoms with Gasteiger partial charge in [0.2, 0.25) is 0 Å². The molecular formula is C20H28N4O. The molecule has 2 aromatic rings. The van der Waals surface area contributed by atoms with E-state index < -0.39 is 0 Å². The number of carbonyl (C=O) groups excluding carboxylic acids is 1. The van der Waals surface area contributed by atoms with Crippen LogP contribution in [0.4, 0.5) is 0 Å².